The molecule has 19 heavy (non-hydrogen) atoms. The number of hydrogen-bond donors (Lipinski definition) is 1. The Balaban J connectivity index is 2.49. The minimum Gasteiger partial charge on any atom is -0.497 e. The van der Waals surface area contributed by atoms with E-state index in [9.17, 15) is 0 Å². The van der Waals surface area contributed by atoms with E-state index < -0.39 is 0 Å². The highest BCUT2D eigenvalue weighted by Gasteiger charge is 2.21. The van der Waals surface area contributed by atoms with Crippen molar-refractivity contribution in [3.8, 4) is 11.5 Å². The number of rotatable bonds is 6. The molecule has 1 rings (SSSR count). The van der Waals surface area contributed by atoms with Gasteiger partial charge in [0.05, 0.1) is 13.7 Å². The predicted molar refractivity (Wildman–Crippen MR) is 80.0 cm³/mol. The summed E-state index contributed by atoms with van der Waals surface area (Å²) < 4.78 is 11.0. The van der Waals surface area contributed by atoms with Crippen molar-refractivity contribution in [2.45, 2.75) is 40.2 Å². The van der Waals surface area contributed by atoms with Gasteiger partial charge in [-0.3, -0.25) is 0 Å². The van der Waals surface area contributed by atoms with Crippen LogP contribution in [0.5, 0.6) is 11.5 Å². The maximum atomic E-state index is 5.86. The van der Waals surface area contributed by atoms with Crippen LogP contribution in [0, 0.1) is 5.41 Å². The molecule has 0 aromatic heterocycles. The average molecular weight is 265 g/mol. The second kappa shape index (κ2) is 6.29. The van der Waals surface area contributed by atoms with Crippen LogP contribution in [-0.2, 0) is 0 Å². The number of methoxy groups -OCH3 is 1. The van der Waals surface area contributed by atoms with Crippen molar-refractivity contribution in [3.05, 3.63) is 24.3 Å². The molecule has 3 heteroatoms. The summed E-state index contributed by atoms with van der Waals surface area (Å²) in [6.07, 6.45) is 0. The van der Waals surface area contributed by atoms with Crippen molar-refractivity contribution in [3.63, 3.8) is 0 Å². The first kappa shape index (κ1) is 15.8. The Bertz CT molecular complexity index is 394. The van der Waals surface area contributed by atoms with E-state index in [1.807, 2.05) is 24.3 Å². The van der Waals surface area contributed by atoms with E-state index in [4.69, 9.17) is 9.47 Å². The van der Waals surface area contributed by atoms with Gasteiger partial charge in [0.1, 0.15) is 11.5 Å². The summed E-state index contributed by atoms with van der Waals surface area (Å²) in [6.45, 7) is 12.5. The van der Waals surface area contributed by atoms with E-state index in [0.717, 1.165) is 18.0 Å². The van der Waals surface area contributed by atoms with Gasteiger partial charge in [0, 0.05) is 23.6 Å². The molecule has 0 bridgehead atoms. The molecule has 108 valence electrons. The Hall–Kier alpha value is -1.22. The van der Waals surface area contributed by atoms with Gasteiger partial charge in [-0.1, -0.05) is 19.9 Å². The SMILES string of the molecule is COc1cccc(OCC(C)(C)CNC(C)(C)C)c1. The van der Waals surface area contributed by atoms with Crippen molar-refractivity contribution in [1.82, 2.24) is 5.32 Å². The maximum Gasteiger partial charge on any atom is 0.123 e. The van der Waals surface area contributed by atoms with Crippen LogP contribution >= 0.6 is 0 Å². The maximum absolute atomic E-state index is 5.86. The highest BCUT2D eigenvalue weighted by atomic mass is 16.5. The van der Waals surface area contributed by atoms with E-state index in [-0.39, 0.29) is 11.0 Å². The van der Waals surface area contributed by atoms with Gasteiger partial charge in [-0.15, -0.1) is 0 Å². The zero-order chi connectivity index (χ0) is 14.5. The third-order valence-corrected chi connectivity index (χ3v) is 2.77. The van der Waals surface area contributed by atoms with E-state index in [2.05, 4.69) is 39.9 Å². The van der Waals surface area contributed by atoms with E-state index in [1.165, 1.54) is 0 Å². The quantitative estimate of drug-likeness (QED) is 0.854. The van der Waals surface area contributed by atoms with Crippen molar-refractivity contribution < 1.29 is 9.47 Å². The Kier molecular flexibility index (Phi) is 5.24. The topological polar surface area (TPSA) is 30.5 Å². The Morgan fingerprint density at radius 2 is 1.68 bits per heavy atom. The van der Waals surface area contributed by atoms with Crippen LogP contribution in [0.4, 0.5) is 0 Å². The molecule has 1 aromatic carbocycles. The number of hydrogen-bond acceptors (Lipinski definition) is 3. The molecule has 0 atom stereocenters. The van der Waals surface area contributed by atoms with Crippen LogP contribution in [-0.4, -0.2) is 25.8 Å². The standard InChI is InChI=1S/C16H27NO2/c1-15(2,3)17-11-16(4,5)12-19-14-9-7-8-13(10-14)18-6/h7-10,17H,11-12H2,1-6H3. The third kappa shape index (κ3) is 6.48. The number of benzene rings is 1. The van der Waals surface area contributed by atoms with Gasteiger partial charge in [0.15, 0.2) is 0 Å². The largest absolute Gasteiger partial charge is 0.497 e. The molecule has 3 nitrogen and oxygen atoms in total. The van der Waals surface area contributed by atoms with Gasteiger partial charge in [-0.05, 0) is 32.9 Å². The molecule has 0 radical (unpaired) electrons. The van der Waals surface area contributed by atoms with Crippen LogP contribution in [0.2, 0.25) is 0 Å². The van der Waals surface area contributed by atoms with Gasteiger partial charge in [0.2, 0.25) is 0 Å². The lowest BCUT2D eigenvalue weighted by Gasteiger charge is -2.30. The first-order chi connectivity index (χ1) is 8.72. The Morgan fingerprint density at radius 1 is 1.05 bits per heavy atom. The van der Waals surface area contributed by atoms with Crippen molar-refractivity contribution >= 4 is 0 Å². The lowest BCUT2D eigenvalue weighted by atomic mass is 9.93. The zero-order valence-corrected chi connectivity index (χ0v) is 13.0. The summed E-state index contributed by atoms with van der Waals surface area (Å²) in [5.41, 5.74) is 0.212. The molecular weight excluding hydrogens is 238 g/mol. The normalized spacial score (nSPS) is 12.3. The van der Waals surface area contributed by atoms with Crippen molar-refractivity contribution in [1.29, 1.82) is 0 Å². The van der Waals surface area contributed by atoms with Crippen LogP contribution < -0.4 is 14.8 Å². The van der Waals surface area contributed by atoms with Gasteiger partial charge >= 0.3 is 0 Å². The Morgan fingerprint density at radius 3 is 2.26 bits per heavy atom. The Labute approximate surface area is 117 Å². The van der Waals surface area contributed by atoms with Gasteiger partial charge in [0.25, 0.3) is 0 Å². The molecule has 1 N–H and O–H groups in total. The molecule has 0 heterocycles. The summed E-state index contributed by atoms with van der Waals surface area (Å²) in [6, 6.07) is 7.72. The lowest BCUT2D eigenvalue weighted by Crippen LogP contribution is -2.43. The summed E-state index contributed by atoms with van der Waals surface area (Å²) >= 11 is 0. The summed E-state index contributed by atoms with van der Waals surface area (Å²) in [5.74, 6) is 1.67. The van der Waals surface area contributed by atoms with Crippen LogP contribution in [0.3, 0.4) is 0 Å². The fraction of sp³-hybridized carbons (Fsp3) is 0.625. The zero-order valence-electron chi connectivity index (χ0n) is 13.0. The predicted octanol–water partition coefficient (Wildman–Crippen LogP) is 3.49. The summed E-state index contributed by atoms with van der Waals surface area (Å²) in [7, 11) is 1.66. The first-order valence-corrected chi connectivity index (χ1v) is 6.74. The minimum absolute atomic E-state index is 0.0797. The molecule has 0 fully saturated rings. The van der Waals surface area contributed by atoms with Gasteiger partial charge < -0.3 is 14.8 Å². The molecule has 0 amide bonds. The fourth-order valence-corrected chi connectivity index (χ4v) is 1.53. The smallest absolute Gasteiger partial charge is 0.123 e. The monoisotopic (exact) mass is 265 g/mol. The van der Waals surface area contributed by atoms with Crippen molar-refractivity contribution in [2.75, 3.05) is 20.3 Å². The molecule has 0 aliphatic rings. The van der Waals surface area contributed by atoms with Gasteiger partial charge in [-0.25, -0.2) is 0 Å². The summed E-state index contributed by atoms with van der Waals surface area (Å²) in [4.78, 5) is 0. The summed E-state index contributed by atoms with van der Waals surface area (Å²) in [5, 5.41) is 3.52. The van der Waals surface area contributed by atoms with Crippen molar-refractivity contribution in [2.24, 2.45) is 5.41 Å². The van der Waals surface area contributed by atoms with E-state index >= 15 is 0 Å². The van der Waals surface area contributed by atoms with Crippen LogP contribution in [0.25, 0.3) is 0 Å². The minimum atomic E-state index is 0.0797. The van der Waals surface area contributed by atoms with Crippen LogP contribution in [0.1, 0.15) is 34.6 Å². The molecule has 0 saturated heterocycles. The fourth-order valence-electron chi connectivity index (χ4n) is 1.53. The molecule has 0 unspecified atom stereocenters. The molecule has 0 aliphatic heterocycles. The highest BCUT2D eigenvalue weighted by Crippen LogP contribution is 2.22. The molecule has 0 aliphatic carbocycles. The molecular formula is C16H27NO2. The molecule has 1 aromatic rings. The van der Waals surface area contributed by atoms with E-state index in [0.29, 0.717) is 6.61 Å². The second-order valence-electron chi connectivity index (χ2n) is 6.74. The third-order valence-electron chi connectivity index (χ3n) is 2.77. The van der Waals surface area contributed by atoms with Gasteiger partial charge in [-0.2, -0.15) is 0 Å². The number of ether oxygens (including phenoxy) is 2. The van der Waals surface area contributed by atoms with Crippen LogP contribution in [0.15, 0.2) is 24.3 Å². The first-order valence-electron chi connectivity index (χ1n) is 6.74. The lowest BCUT2D eigenvalue weighted by molar-refractivity contribution is 0.165. The van der Waals surface area contributed by atoms with E-state index in [1.54, 1.807) is 7.11 Å². The highest BCUT2D eigenvalue weighted by molar-refractivity contribution is 5.32. The molecule has 0 spiro atoms. The molecule has 0 saturated carbocycles. The average Bonchev–Trinajstić information content (AvgIpc) is 2.34. The second-order valence-corrected chi connectivity index (χ2v) is 6.74. The number of nitrogens with one attached hydrogen (secondary N) is 1.